The Kier molecular flexibility index (Phi) is 2.62. The summed E-state index contributed by atoms with van der Waals surface area (Å²) in [5.41, 5.74) is 1.26. The van der Waals surface area contributed by atoms with E-state index < -0.39 is 0 Å². The fraction of sp³-hybridized carbons (Fsp3) is 0.500. The van der Waals surface area contributed by atoms with Gasteiger partial charge >= 0.3 is 0 Å². The number of hydrogen-bond acceptors (Lipinski definition) is 2. The lowest BCUT2D eigenvalue weighted by Crippen LogP contribution is -2.16. The molecular weight excluding hydrogens is 176 g/mol. The second-order valence-corrected chi connectivity index (χ2v) is 4.04. The lowest BCUT2D eigenvalue weighted by Gasteiger charge is -2.21. The predicted molar refractivity (Wildman–Crippen MR) is 56.0 cm³/mol. The number of fused-ring (bicyclic) bond motifs is 1. The van der Waals surface area contributed by atoms with Crippen LogP contribution in [0.15, 0.2) is 18.2 Å². The Bertz CT molecular complexity index is 318. The van der Waals surface area contributed by atoms with Gasteiger partial charge in [0, 0.05) is 0 Å². The monoisotopic (exact) mass is 192 g/mol. The van der Waals surface area contributed by atoms with Crippen molar-refractivity contribution in [1.82, 2.24) is 0 Å². The Balaban J connectivity index is 2.30. The van der Waals surface area contributed by atoms with E-state index in [1.165, 1.54) is 5.56 Å². The molecule has 0 amide bonds. The minimum atomic E-state index is 0.645. The maximum Gasteiger partial charge on any atom is 0.164 e. The second kappa shape index (κ2) is 3.91. The van der Waals surface area contributed by atoms with Crippen molar-refractivity contribution in [1.29, 1.82) is 0 Å². The van der Waals surface area contributed by atoms with Crippen LogP contribution in [0.5, 0.6) is 11.5 Å². The van der Waals surface area contributed by atoms with Crippen molar-refractivity contribution in [2.75, 3.05) is 13.2 Å². The van der Waals surface area contributed by atoms with Gasteiger partial charge in [0.05, 0.1) is 0 Å². The van der Waals surface area contributed by atoms with E-state index in [-0.39, 0.29) is 0 Å². The third kappa shape index (κ3) is 1.84. The van der Waals surface area contributed by atoms with Crippen LogP contribution < -0.4 is 9.47 Å². The molecule has 0 aliphatic carbocycles. The maximum atomic E-state index is 5.63. The van der Waals surface area contributed by atoms with Crippen molar-refractivity contribution in [3.8, 4) is 11.5 Å². The number of hydrogen-bond donors (Lipinski definition) is 0. The van der Waals surface area contributed by atoms with Crippen LogP contribution in [0.25, 0.3) is 0 Å². The average molecular weight is 192 g/mol. The number of rotatable bonds is 2. The number of para-hydroxylation sites is 1. The molecule has 0 radical (unpaired) electrons. The molecule has 76 valence electrons. The van der Waals surface area contributed by atoms with Crippen molar-refractivity contribution in [3.63, 3.8) is 0 Å². The largest absolute Gasteiger partial charge is 0.486 e. The number of ether oxygens (including phenoxy) is 2. The molecule has 0 fully saturated rings. The van der Waals surface area contributed by atoms with E-state index >= 15 is 0 Å². The van der Waals surface area contributed by atoms with E-state index in [0.29, 0.717) is 19.1 Å². The Morgan fingerprint density at radius 2 is 2.00 bits per heavy atom. The molecule has 0 spiro atoms. The predicted octanol–water partition coefficient (Wildman–Crippen LogP) is 2.66. The highest BCUT2D eigenvalue weighted by atomic mass is 16.6. The molecule has 1 aliphatic rings. The standard InChI is InChI=1S/C12H16O2/c1-9(2)8-10-4-3-5-11-12(10)14-7-6-13-11/h3-5,9H,6-8H2,1-2H3. The third-order valence-electron chi connectivity index (χ3n) is 2.28. The molecule has 0 saturated heterocycles. The summed E-state index contributed by atoms with van der Waals surface area (Å²) in [7, 11) is 0. The molecule has 1 aliphatic heterocycles. The molecule has 2 heteroatoms. The fourth-order valence-electron chi connectivity index (χ4n) is 1.73. The lowest BCUT2D eigenvalue weighted by molar-refractivity contribution is 0.169. The van der Waals surface area contributed by atoms with Crippen molar-refractivity contribution in [3.05, 3.63) is 23.8 Å². The van der Waals surface area contributed by atoms with Crippen LogP contribution >= 0.6 is 0 Å². The quantitative estimate of drug-likeness (QED) is 0.717. The van der Waals surface area contributed by atoms with E-state index in [9.17, 15) is 0 Å². The van der Waals surface area contributed by atoms with Crippen molar-refractivity contribution in [2.45, 2.75) is 20.3 Å². The van der Waals surface area contributed by atoms with Crippen molar-refractivity contribution < 1.29 is 9.47 Å². The maximum absolute atomic E-state index is 5.63. The van der Waals surface area contributed by atoms with Gasteiger partial charge in [-0.1, -0.05) is 26.0 Å². The van der Waals surface area contributed by atoms with E-state index in [2.05, 4.69) is 19.9 Å². The lowest BCUT2D eigenvalue weighted by atomic mass is 10.0. The molecular formula is C12H16O2. The summed E-state index contributed by atoms with van der Waals surface area (Å²) in [6, 6.07) is 6.12. The molecule has 2 nitrogen and oxygen atoms in total. The fourth-order valence-corrected chi connectivity index (χ4v) is 1.73. The number of benzene rings is 1. The van der Waals surface area contributed by atoms with Gasteiger partial charge in [0.1, 0.15) is 13.2 Å². The average Bonchev–Trinajstić information content (AvgIpc) is 2.18. The van der Waals surface area contributed by atoms with E-state index in [1.54, 1.807) is 0 Å². The molecule has 2 rings (SSSR count). The highest BCUT2D eigenvalue weighted by Crippen LogP contribution is 2.34. The van der Waals surface area contributed by atoms with Crippen molar-refractivity contribution >= 4 is 0 Å². The first-order chi connectivity index (χ1) is 6.77. The first kappa shape index (κ1) is 9.38. The molecule has 0 bridgehead atoms. The van der Waals surface area contributed by atoms with Gasteiger partial charge in [0.2, 0.25) is 0 Å². The van der Waals surface area contributed by atoms with Gasteiger partial charge in [-0.05, 0) is 24.0 Å². The van der Waals surface area contributed by atoms with Crippen LogP contribution in [0.1, 0.15) is 19.4 Å². The molecule has 0 unspecified atom stereocenters. The minimum Gasteiger partial charge on any atom is -0.486 e. The highest BCUT2D eigenvalue weighted by Gasteiger charge is 2.15. The van der Waals surface area contributed by atoms with Gasteiger partial charge < -0.3 is 9.47 Å². The zero-order valence-electron chi connectivity index (χ0n) is 8.75. The Morgan fingerprint density at radius 3 is 2.79 bits per heavy atom. The minimum absolute atomic E-state index is 0.645. The molecule has 0 saturated carbocycles. The summed E-state index contributed by atoms with van der Waals surface area (Å²) in [5.74, 6) is 2.49. The Morgan fingerprint density at radius 1 is 1.21 bits per heavy atom. The zero-order valence-corrected chi connectivity index (χ0v) is 8.75. The van der Waals surface area contributed by atoms with Crippen LogP contribution in [-0.4, -0.2) is 13.2 Å². The first-order valence-electron chi connectivity index (χ1n) is 5.15. The van der Waals surface area contributed by atoms with Crippen LogP contribution in [0.3, 0.4) is 0 Å². The van der Waals surface area contributed by atoms with Gasteiger partial charge in [-0.25, -0.2) is 0 Å². The molecule has 14 heavy (non-hydrogen) atoms. The summed E-state index contributed by atoms with van der Waals surface area (Å²) < 4.78 is 11.2. The molecule has 1 heterocycles. The van der Waals surface area contributed by atoms with Gasteiger partial charge in [-0.15, -0.1) is 0 Å². The summed E-state index contributed by atoms with van der Waals surface area (Å²) >= 11 is 0. The SMILES string of the molecule is CC(C)Cc1cccc2c1OCCO2. The molecule has 0 atom stereocenters. The second-order valence-electron chi connectivity index (χ2n) is 4.04. The summed E-state index contributed by atoms with van der Waals surface area (Å²) in [4.78, 5) is 0. The van der Waals surface area contributed by atoms with Crippen molar-refractivity contribution in [2.24, 2.45) is 5.92 Å². The normalized spacial score (nSPS) is 14.5. The summed E-state index contributed by atoms with van der Waals surface area (Å²) in [6.07, 6.45) is 1.05. The molecule has 0 N–H and O–H groups in total. The van der Waals surface area contributed by atoms with E-state index in [0.717, 1.165) is 17.9 Å². The third-order valence-corrected chi connectivity index (χ3v) is 2.28. The smallest absolute Gasteiger partial charge is 0.164 e. The first-order valence-corrected chi connectivity index (χ1v) is 5.15. The highest BCUT2D eigenvalue weighted by molar-refractivity contribution is 5.47. The van der Waals surface area contributed by atoms with Gasteiger partial charge in [0.15, 0.2) is 11.5 Å². The Hall–Kier alpha value is -1.18. The van der Waals surface area contributed by atoms with E-state index in [1.807, 2.05) is 12.1 Å². The summed E-state index contributed by atoms with van der Waals surface area (Å²) in [5, 5.41) is 0. The van der Waals surface area contributed by atoms with Gasteiger partial charge in [-0.2, -0.15) is 0 Å². The topological polar surface area (TPSA) is 18.5 Å². The molecule has 0 aromatic heterocycles. The van der Waals surface area contributed by atoms with Gasteiger partial charge in [0.25, 0.3) is 0 Å². The van der Waals surface area contributed by atoms with E-state index in [4.69, 9.17) is 9.47 Å². The molecule has 1 aromatic carbocycles. The van der Waals surface area contributed by atoms with Crippen LogP contribution in [0.2, 0.25) is 0 Å². The van der Waals surface area contributed by atoms with Crippen LogP contribution in [0.4, 0.5) is 0 Å². The van der Waals surface area contributed by atoms with Gasteiger partial charge in [-0.3, -0.25) is 0 Å². The Labute approximate surface area is 84.8 Å². The van der Waals surface area contributed by atoms with Crippen LogP contribution in [-0.2, 0) is 6.42 Å². The van der Waals surface area contributed by atoms with Crippen LogP contribution in [0, 0.1) is 5.92 Å². The molecule has 1 aromatic rings. The zero-order chi connectivity index (χ0) is 9.97. The summed E-state index contributed by atoms with van der Waals surface area (Å²) in [6.45, 7) is 5.76.